The minimum absolute atomic E-state index is 0.268. The van der Waals surface area contributed by atoms with Crippen molar-refractivity contribution in [2.24, 2.45) is 0 Å². The molecule has 1 atom stereocenters. The molecule has 2 aromatic carbocycles. The largest absolute Gasteiger partial charge is 0.489 e. The van der Waals surface area contributed by atoms with Gasteiger partial charge in [-0.1, -0.05) is 18.2 Å². The summed E-state index contributed by atoms with van der Waals surface area (Å²) in [6.45, 7) is 3.28. The highest BCUT2D eigenvalue weighted by Gasteiger charge is 2.25. The first-order chi connectivity index (χ1) is 12.2. The number of ether oxygens (including phenoxy) is 1. The Morgan fingerprint density at radius 3 is 2.68 bits per heavy atom. The molecule has 1 saturated heterocycles. The zero-order chi connectivity index (χ0) is 17.6. The van der Waals surface area contributed by atoms with E-state index in [2.05, 4.69) is 41.5 Å². The summed E-state index contributed by atoms with van der Waals surface area (Å²) in [6, 6.07) is 16.9. The molecule has 1 fully saturated rings. The van der Waals surface area contributed by atoms with E-state index in [1.165, 1.54) is 16.1 Å². The maximum absolute atomic E-state index is 11.5. The summed E-state index contributed by atoms with van der Waals surface area (Å²) in [5.74, 6) is 1.14. The number of hydrogen-bond acceptors (Lipinski definition) is 4. The van der Waals surface area contributed by atoms with Gasteiger partial charge in [0.05, 0.1) is 0 Å². The number of Topliss-reactive ketones (excluding diaryl/α,β-unsaturated/α-hetero) is 1. The van der Waals surface area contributed by atoms with Gasteiger partial charge < -0.3 is 9.64 Å². The average Bonchev–Trinajstić information content (AvgIpc) is 3.08. The molecule has 0 bridgehead atoms. The number of nitrogens with zero attached hydrogens (tertiary/aromatic N) is 1. The lowest BCUT2D eigenvalue weighted by atomic mass is 10.1. The van der Waals surface area contributed by atoms with E-state index in [1.807, 2.05) is 18.2 Å². The van der Waals surface area contributed by atoms with E-state index in [-0.39, 0.29) is 5.78 Å². The maximum Gasteiger partial charge on any atom is 0.131 e. The van der Waals surface area contributed by atoms with Crippen LogP contribution in [0.2, 0.25) is 0 Å². The third-order valence-corrected chi connectivity index (χ3v) is 5.49. The smallest absolute Gasteiger partial charge is 0.131 e. The Bertz CT molecular complexity index is 714. The van der Waals surface area contributed by atoms with E-state index in [0.717, 1.165) is 25.1 Å². The number of carbonyl (C=O) groups is 1. The molecule has 0 radical (unpaired) electrons. The van der Waals surface area contributed by atoms with Crippen molar-refractivity contribution in [3.63, 3.8) is 0 Å². The summed E-state index contributed by atoms with van der Waals surface area (Å²) in [6.07, 6.45) is 4.98. The Hall–Kier alpha value is -1.94. The van der Waals surface area contributed by atoms with Gasteiger partial charge in [-0.05, 0) is 56.4 Å². The minimum atomic E-state index is 0.268. The molecule has 1 heterocycles. The van der Waals surface area contributed by atoms with Crippen LogP contribution in [0.4, 0.5) is 5.69 Å². The van der Waals surface area contributed by atoms with E-state index in [0.29, 0.717) is 19.1 Å². The molecule has 25 heavy (non-hydrogen) atoms. The molecule has 3 nitrogen and oxygen atoms in total. The van der Waals surface area contributed by atoms with Gasteiger partial charge in [0, 0.05) is 35.2 Å². The summed E-state index contributed by atoms with van der Waals surface area (Å²) >= 11 is 1.74. The van der Waals surface area contributed by atoms with Gasteiger partial charge in [0.2, 0.25) is 0 Å². The normalized spacial score (nSPS) is 16.9. The number of thioether (sulfide) groups is 1. The molecule has 1 aliphatic heterocycles. The van der Waals surface area contributed by atoms with Crippen molar-refractivity contribution in [1.82, 2.24) is 0 Å². The fraction of sp³-hybridized carbons (Fsp3) is 0.381. The predicted molar refractivity (Wildman–Crippen MR) is 105 cm³/mol. The van der Waals surface area contributed by atoms with Gasteiger partial charge in [-0.25, -0.2) is 0 Å². The first kappa shape index (κ1) is 17.9. The summed E-state index contributed by atoms with van der Waals surface area (Å²) in [5.41, 5.74) is 2.39. The van der Waals surface area contributed by atoms with Crippen LogP contribution in [-0.4, -0.2) is 24.6 Å². The number of rotatable bonds is 7. The molecule has 0 saturated carbocycles. The Labute approximate surface area is 154 Å². The molecule has 0 amide bonds. The zero-order valence-electron chi connectivity index (χ0n) is 14.9. The van der Waals surface area contributed by atoms with E-state index in [9.17, 15) is 4.79 Å². The Kier molecular flexibility index (Phi) is 6.03. The van der Waals surface area contributed by atoms with Crippen LogP contribution < -0.4 is 9.64 Å². The Morgan fingerprint density at radius 2 is 1.96 bits per heavy atom. The fourth-order valence-electron chi connectivity index (χ4n) is 3.44. The van der Waals surface area contributed by atoms with Gasteiger partial charge in [-0.3, -0.25) is 4.79 Å². The highest BCUT2D eigenvalue weighted by molar-refractivity contribution is 7.98. The highest BCUT2D eigenvalue weighted by atomic mass is 32.2. The van der Waals surface area contributed by atoms with E-state index in [1.54, 1.807) is 18.7 Å². The van der Waals surface area contributed by atoms with Crippen LogP contribution in [0.3, 0.4) is 0 Å². The quantitative estimate of drug-likeness (QED) is 0.658. The molecule has 0 aromatic heterocycles. The molecular formula is C21H25NO2S. The number of anilines is 1. The molecular weight excluding hydrogens is 330 g/mol. The van der Waals surface area contributed by atoms with Crippen LogP contribution in [0.5, 0.6) is 5.75 Å². The van der Waals surface area contributed by atoms with Crippen LogP contribution in [0.1, 0.15) is 31.7 Å². The van der Waals surface area contributed by atoms with Crippen LogP contribution in [0.15, 0.2) is 53.4 Å². The van der Waals surface area contributed by atoms with Crippen LogP contribution >= 0.6 is 11.8 Å². The van der Waals surface area contributed by atoms with E-state index < -0.39 is 0 Å². The summed E-state index contributed by atoms with van der Waals surface area (Å²) in [5, 5.41) is 0. The topological polar surface area (TPSA) is 29.5 Å². The standard InChI is InChI=1S/C21H25NO2S/c1-16(23)14-19-7-5-13-22(19)18-9-11-20(12-10-18)24-15-17-6-3-4-8-21(17)25-2/h3-4,6,8-12,19H,5,7,13-15H2,1-2H3. The third kappa shape index (κ3) is 4.57. The SMILES string of the molecule is CSc1ccccc1COc1ccc(N2CCCC2CC(C)=O)cc1. The highest BCUT2D eigenvalue weighted by Crippen LogP contribution is 2.29. The van der Waals surface area contributed by atoms with Crippen molar-refractivity contribution in [1.29, 1.82) is 0 Å². The molecule has 1 aliphatic rings. The molecule has 1 unspecified atom stereocenters. The molecule has 0 aliphatic carbocycles. The maximum atomic E-state index is 11.5. The monoisotopic (exact) mass is 355 g/mol. The van der Waals surface area contributed by atoms with Crippen molar-refractivity contribution < 1.29 is 9.53 Å². The van der Waals surface area contributed by atoms with Crippen molar-refractivity contribution in [3.05, 3.63) is 54.1 Å². The van der Waals surface area contributed by atoms with Crippen molar-refractivity contribution >= 4 is 23.2 Å². The van der Waals surface area contributed by atoms with Crippen LogP contribution in [0, 0.1) is 0 Å². The summed E-state index contributed by atoms with van der Waals surface area (Å²) in [7, 11) is 0. The molecule has 3 rings (SSSR count). The van der Waals surface area contributed by atoms with E-state index >= 15 is 0 Å². The predicted octanol–water partition coefficient (Wildman–Crippen LogP) is 4.94. The Balaban J connectivity index is 1.63. The van der Waals surface area contributed by atoms with Crippen LogP contribution in [0.25, 0.3) is 0 Å². The number of benzene rings is 2. The lowest BCUT2D eigenvalue weighted by Gasteiger charge is -2.26. The number of ketones is 1. The van der Waals surface area contributed by atoms with Gasteiger partial charge >= 0.3 is 0 Å². The van der Waals surface area contributed by atoms with Gasteiger partial charge in [-0.15, -0.1) is 11.8 Å². The van der Waals surface area contributed by atoms with Crippen molar-refractivity contribution in [2.45, 2.75) is 43.7 Å². The van der Waals surface area contributed by atoms with Crippen LogP contribution in [-0.2, 0) is 11.4 Å². The fourth-order valence-corrected chi connectivity index (χ4v) is 4.04. The lowest BCUT2D eigenvalue weighted by Crippen LogP contribution is -2.30. The van der Waals surface area contributed by atoms with E-state index in [4.69, 9.17) is 4.74 Å². The first-order valence-corrected chi connectivity index (χ1v) is 10.0. The minimum Gasteiger partial charge on any atom is -0.489 e. The summed E-state index contributed by atoms with van der Waals surface area (Å²) in [4.78, 5) is 15.1. The zero-order valence-corrected chi connectivity index (χ0v) is 15.7. The third-order valence-electron chi connectivity index (χ3n) is 4.66. The molecule has 0 N–H and O–H groups in total. The van der Waals surface area contributed by atoms with Gasteiger partial charge in [0.15, 0.2) is 0 Å². The average molecular weight is 356 g/mol. The second kappa shape index (κ2) is 8.43. The number of hydrogen-bond donors (Lipinski definition) is 0. The Morgan fingerprint density at radius 1 is 1.20 bits per heavy atom. The van der Waals surface area contributed by atoms with Gasteiger partial charge in [-0.2, -0.15) is 0 Å². The molecule has 4 heteroatoms. The number of carbonyl (C=O) groups excluding carboxylic acids is 1. The second-order valence-electron chi connectivity index (χ2n) is 6.49. The summed E-state index contributed by atoms with van der Waals surface area (Å²) < 4.78 is 5.96. The van der Waals surface area contributed by atoms with Crippen molar-refractivity contribution in [2.75, 3.05) is 17.7 Å². The van der Waals surface area contributed by atoms with Gasteiger partial charge in [0.1, 0.15) is 18.1 Å². The van der Waals surface area contributed by atoms with Gasteiger partial charge in [0.25, 0.3) is 0 Å². The second-order valence-corrected chi connectivity index (χ2v) is 7.34. The lowest BCUT2D eigenvalue weighted by molar-refractivity contribution is -0.117. The van der Waals surface area contributed by atoms with Crippen molar-refractivity contribution in [3.8, 4) is 5.75 Å². The molecule has 132 valence electrons. The molecule has 0 spiro atoms. The molecule has 2 aromatic rings. The first-order valence-electron chi connectivity index (χ1n) is 8.78.